The van der Waals surface area contributed by atoms with Crippen molar-refractivity contribution in [2.45, 2.75) is 19.9 Å². The molecule has 0 unspecified atom stereocenters. The first-order chi connectivity index (χ1) is 10.3. The summed E-state index contributed by atoms with van der Waals surface area (Å²) in [7, 11) is 1.71. The van der Waals surface area contributed by atoms with Gasteiger partial charge in [0.2, 0.25) is 5.95 Å². The van der Waals surface area contributed by atoms with Crippen LogP contribution in [0, 0.1) is 6.92 Å². The first-order valence-electron chi connectivity index (χ1n) is 7.24. The molecular formula is C16H23N3O2. The van der Waals surface area contributed by atoms with E-state index in [0.29, 0.717) is 13.2 Å². The Bertz CT molecular complexity index is 526. The number of imidazole rings is 1. The van der Waals surface area contributed by atoms with Crippen molar-refractivity contribution >= 4 is 5.95 Å². The number of aryl methyl sites for hydroxylation is 1. The van der Waals surface area contributed by atoms with Gasteiger partial charge in [0.25, 0.3) is 0 Å². The third-order valence-corrected chi connectivity index (χ3v) is 3.05. The summed E-state index contributed by atoms with van der Waals surface area (Å²) in [5.74, 6) is 1.80. The minimum Gasteiger partial charge on any atom is -0.494 e. The highest BCUT2D eigenvalue weighted by molar-refractivity contribution is 5.28. The van der Waals surface area contributed by atoms with Crippen LogP contribution in [-0.2, 0) is 11.3 Å². The molecule has 0 fully saturated rings. The molecule has 0 bridgehead atoms. The summed E-state index contributed by atoms with van der Waals surface area (Å²) in [6, 6.07) is 9.87. The fraction of sp³-hybridized carbons (Fsp3) is 0.438. The van der Waals surface area contributed by atoms with Crippen LogP contribution in [0.1, 0.15) is 12.1 Å². The van der Waals surface area contributed by atoms with Gasteiger partial charge in [0.1, 0.15) is 5.75 Å². The van der Waals surface area contributed by atoms with E-state index >= 15 is 0 Å². The Morgan fingerprint density at radius 1 is 1.19 bits per heavy atom. The molecule has 0 saturated heterocycles. The Balaban J connectivity index is 1.71. The van der Waals surface area contributed by atoms with E-state index in [1.165, 1.54) is 0 Å². The second-order valence-corrected chi connectivity index (χ2v) is 4.83. The van der Waals surface area contributed by atoms with Gasteiger partial charge in [-0.15, -0.1) is 0 Å². The van der Waals surface area contributed by atoms with Gasteiger partial charge in [0.05, 0.1) is 18.9 Å². The van der Waals surface area contributed by atoms with Gasteiger partial charge < -0.3 is 19.4 Å². The zero-order valence-corrected chi connectivity index (χ0v) is 12.7. The lowest BCUT2D eigenvalue weighted by Crippen LogP contribution is -2.13. The van der Waals surface area contributed by atoms with Crippen LogP contribution < -0.4 is 10.1 Å². The summed E-state index contributed by atoms with van der Waals surface area (Å²) in [5.41, 5.74) is 1.01. The molecule has 0 radical (unpaired) electrons. The highest BCUT2D eigenvalue weighted by Crippen LogP contribution is 2.10. The van der Waals surface area contributed by atoms with E-state index in [4.69, 9.17) is 9.47 Å². The lowest BCUT2D eigenvalue weighted by atomic mass is 10.3. The van der Waals surface area contributed by atoms with Gasteiger partial charge in [-0.2, -0.15) is 0 Å². The number of hydrogen-bond acceptors (Lipinski definition) is 4. The van der Waals surface area contributed by atoms with E-state index in [-0.39, 0.29) is 0 Å². The smallest absolute Gasteiger partial charge is 0.203 e. The fourth-order valence-electron chi connectivity index (χ4n) is 2.03. The summed E-state index contributed by atoms with van der Waals surface area (Å²) in [6.45, 7) is 5.00. The number of nitrogens with one attached hydrogen (secondary N) is 1. The van der Waals surface area contributed by atoms with E-state index in [1.807, 2.05) is 43.5 Å². The van der Waals surface area contributed by atoms with Gasteiger partial charge in [0.15, 0.2) is 0 Å². The second kappa shape index (κ2) is 8.32. The number of benzene rings is 1. The molecule has 1 aromatic heterocycles. The predicted octanol–water partition coefficient (Wildman–Crippen LogP) is 2.72. The van der Waals surface area contributed by atoms with Crippen molar-refractivity contribution in [3.63, 3.8) is 0 Å². The maximum absolute atomic E-state index is 5.66. The lowest BCUT2D eigenvalue weighted by molar-refractivity contribution is 0.187. The molecule has 0 aliphatic rings. The molecule has 1 aromatic carbocycles. The standard InChI is InChI=1S/C16H23N3O2/c1-14-13-19(10-12-20-2)16(18-14)17-9-6-11-21-15-7-4-3-5-8-15/h3-5,7-8,13H,6,9-12H2,1-2H3,(H,17,18). The molecule has 114 valence electrons. The van der Waals surface area contributed by atoms with Crippen LogP contribution in [0.25, 0.3) is 0 Å². The summed E-state index contributed by atoms with van der Waals surface area (Å²) in [4.78, 5) is 4.47. The number of aromatic nitrogens is 2. The van der Waals surface area contributed by atoms with Crippen molar-refractivity contribution in [2.24, 2.45) is 0 Å². The van der Waals surface area contributed by atoms with Gasteiger partial charge in [-0.25, -0.2) is 4.98 Å². The Morgan fingerprint density at radius 2 is 2.00 bits per heavy atom. The fourth-order valence-corrected chi connectivity index (χ4v) is 2.03. The van der Waals surface area contributed by atoms with Gasteiger partial charge in [-0.1, -0.05) is 18.2 Å². The Labute approximate surface area is 125 Å². The normalized spacial score (nSPS) is 10.6. The summed E-state index contributed by atoms with van der Waals surface area (Å²) < 4.78 is 12.8. The van der Waals surface area contributed by atoms with E-state index in [9.17, 15) is 0 Å². The van der Waals surface area contributed by atoms with Crippen LogP contribution >= 0.6 is 0 Å². The van der Waals surface area contributed by atoms with Crippen molar-refractivity contribution in [1.29, 1.82) is 0 Å². The SMILES string of the molecule is COCCn1cc(C)nc1NCCCOc1ccccc1. The largest absolute Gasteiger partial charge is 0.494 e. The van der Waals surface area contributed by atoms with Crippen LogP contribution in [-0.4, -0.2) is 36.4 Å². The average Bonchev–Trinajstić information content (AvgIpc) is 2.86. The van der Waals surface area contributed by atoms with E-state index in [2.05, 4.69) is 14.9 Å². The Kier molecular flexibility index (Phi) is 6.09. The monoisotopic (exact) mass is 289 g/mol. The number of ether oxygens (including phenoxy) is 2. The molecule has 0 aliphatic carbocycles. The molecule has 1 heterocycles. The molecule has 0 atom stereocenters. The van der Waals surface area contributed by atoms with Crippen molar-refractivity contribution in [2.75, 3.05) is 32.2 Å². The number of hydrogen-bond donors (Lipinski definition) is 1. The topological polar surface area (TPSA) is 48.3 Å². The minimum atomic E-state index is 0.682. The summed E-state index contributed by atoms with van der Waals surface area (Å²) in [5, 5.41) is 3.35. The van der Waals surface area contributed by atoms with E-state index < -0.39 is 0 Å². The Hall–Kier alpha value is -2.01. The van der Waals surface area contributed by atoms with Crippen LogP contribution in [0.4, 0.5) is 5.95 Å². The van der Waals surface area contributed by atoms with Crippen molar-refractivity contribution < 1.29 is 9.47 Å². The van der Waals surface area contributed by atoms with Gasteiger partial charge in [-0.05, 0) is 25.5 Å². The summed E-state index contributed by atoms with van der Waals surface area (Å²) in [6.07, 6.45) is 2.95. The number of para-hydroxylation sites is 1. The van der Waals surface area contributed by atoms with Crippen molar-refractivity contribution in [3.05, 3.63) is 42.2 Å². The quantitative estimate of drug-likeness (QED) is 0.721. The highest BCUT2D eigenvalue weighted by atomic mass is 16.5. The molecular weight excluding hydrogens is 266 g/mol. The maximum Gasteiger partial charge on any atom is 0.203 e. The zero-order chi connectivity index (χ0) is 14.9. The van der Waals surface area contributed by atoms with Gasteiger partial charge in [-0.3, -0.25) is 0 Å². The first-order valence-corrected chi connectivity index (χ1v) is 7.24. The van der Waals surface area contributed by atoms with Crippen LogP contribution in [0.5, 0.6) is 5.75 Å². The molecule has 5 heteroatoms. The highest BCUT2D eigenvalue weighted by Gasteiger charge is 2.04. The van der Waals surface area contributed by atoms with Gasteiger partial charge >= 0.3 is 0 Å². The number of anilines is 1. The minimum absolute atomic E-state index is 0.682. The van der Waals surface area contributed by atoms with Crippen LogP contribution in [0.15, 0.2) is 36.5 Å². The van der Waals surface area contributed by atoms with Crippen molar-refractivity contribution in [1.82, 2.24) is 9.55 Å². The molecule has 0 amide bonds. The van der Waals surface area contributed by atoms with Gasteiger partial charge in [0, 0.05) is 26.4 Å². The molecule has 21 heavy (non-hydrogen) atoms. The second-order valence-electron chi connectivity index (χ2n) is 4.83. The number of nitrogens with zero attached hydrogens (tertiary/aromatic N) is 2. The van der Waals surface area contributed by atoms with E-state index in [0.717, 1.165) is 36.9 Å². The summed E-state index contributed by atoms with van der Waals surface area (Å²) >= 11 is 0. The predicted molar refractivity (Wildman–Crippen MR) is 83.9 cm³/mol. The van der Waals surface area contributed by atoms with Crippen LogP contribution in [0.3, 0.4) is 0 Å². The molecule has 0 spiro atoms. The third-order valence-electron chi connectivity index (χ3n) is 3.05. The molecule has 0 saturated carbocycles. The van der Waals surface area contributed by atoms with Crippen LogP contribution in [0.2, 0.25) is 0 Å². The molecule has 2 aromatic rings. The molecule has 2 rings (SSSR count). The molecule has 0 aliphatic heterocycles. The molecule has 1 N–H and O–H groups in total. The maximum atomic E-state index is 5.66. The lowest BCUT2D eigenvalue weighted by Gasteiger charge is -2.10. The zero-order valence-electron chi connectivity index (χ0n) is 12.7. The third kappa shape index (κ3) is 5.11. The van der Waals surface area contributed by atoms with E-state index in [1.54, 1.807) is 7.11 Å². The first kappa shape index (κ1) is 15.4. The average molecular weight is 289 g/mol. The number of rotatable bonds is 9. The van der Waals surface area contributed by atoms with Crippen molar-refractivity contribution in [3.8, 4) is 5.75 Å². The number of methoxy groups -OCH3 is 1. The molecule has 5 nitrogen and oxygen atoms in total. The Morgan fingerprint density at radius 3 is 2.76 bits per heavy atom.